The second-order valence-corrected chi connectivity index (χ2v) is 7.86. The normalized spacial score (nSPS) is 18.6. The largest absolute Gasteiger partial charge is 0.386 e. The molecule has 4 rings (SSSR count). The number of aliphatic hydroxyl groups is 1. The maximum Gasteiger partial charge on any atom is 0.165 e. The molecule has 26 heavy (non-hydrogen) atoms. The molecule has 0 amide bonds. The summed E-state index contributed by atoms with van der Waals surface area (Å²) in [7, 11) is 0. The Kier molecular flexibility index (Phi) is 3.85. The van der Waals surface area contributed by atoms with Crippen LogP contribution >= 0.6 is 0 Å². The van der Waals surface area contributed by atoms with Gasteiger partial charge in [-0.1, -0.05) is 61.9 Å². The summed E-state index contributed by atoms with van der Waals surface area (Å²) in [6.07, 6.45) is -0.346. The van der Waals surface area contributed by atoms with Crippen LogP contribution in [0.1, 0.15) is 48.0 Å². The van der Waals surface area contributed by atoms with Crippen LogP contribution in [0.25, 0.3) is 16.9 Å². The van der Waals surface area contributed by atoms with Crippen molar-refractivity contribution in [3.05, 3.63) is 77.5 Å². The van der Waals surface area contributed by atoms with Gasteiger partial charge in [0.1, 0.15) is 6.10 Å². The number of rotatable bonds is 2. The Bertz CT molecular complexity index is 965. The van der Waals surface area contributed by atoms with Gasteiger partial charge in [-0.15, -0.1) is 0 Å². The fraction of sp³-hybridized carbons (Fsp3) is 0.261. The molecule has 0 unspecified atom stereocenters. The molecule has 1 aliphatic carbocycles. The van der Waals surface area contributed by atoms with Crippen LogP contribution in [0.5, 0.6) is 0 Å². The van der Waals surface area contributed by atoms with Crippen LogP contribution in [0, 0.1) is 12.3 Å². The number of aromatic nitrogens is 1. The molecular weight excluding hydrogens is 322 g/mol. The van der Waals surface area contributed by atoms with Gasteiger partial charge < -0.3 is 9.67 Å². The molecule has 2 aromatic carbocycles. The van der Waals surface area contributed by atoms with Crippen LogP contribution in [-0.4, -0.2) is 15.5 Å². The summed E-state index contributed by atoms with van der Waals surface area (Å²) in [5, 5.41) is 11.1. The van der Waals surface area contributed by atoms with Gasteiger partial charge in [0.15, 0.2) is 5.78 Å². The predicted molar refractivity (Wildman–Crippen MR) is 104 cm³/mol. The number of nitrogens with zero attached hydrogens (tertiary/aromatic N) is 1. The second-order valence-electron chi connectivity index (χ2n) is 7.86. The third kappa shape index (κ3) is 2.60. The Labute approximate surface area is 153 Å². The minimum atomic E-state index is -0.700. The fourth-order valence-electron chi connectivity index (χ4n) is 3.79. The smallest absolute Gasteiger partial charge is 0.165 e. The Morgan fingerprint density at radius 1 is 1.04 bits per heavy atom. The van der Waals surface area contributed by atoms with Gasteiger partial charge in [0.05, 0.1) is 11.4 Å². The van der Waals surface area contributed by atoms with E-state index in [0.717, 1.165) is 16.9 Å². The van der Waals surface area contributed by atoms with E-state index in [1.54, 1.807) is 0 Å². The Hall–Kier alpha value is -2.65. The van der Waals surface area contributed by atoms with Gasteiger partial charge in [0.25, 0.3) is 0 Å². The standard InChI is InChI=1S/C23H23NO2/c1-15-9-11-17(12-10-15)24-19(16-7-5-4-6-8-16)13-18-20(25)14-23(2,3)22(26)21(18)24/h4-13,22,26H,14H2,1-3H3/t22-/m0/s1. The zero-order chi connectivity index (χ0) is 18.5. The summed E-state index contributed by atoms with van der Waals surface area (Å²) >= 11 is 0. The maximum atomic E-state index is 12.8. The van der Waals surface area contributed by atoms with Crippen molar-refractivity contribution in [3.8, 4) is 16.9 Å². The highest BCUT2D eigenvalue weighted by Crippen LogP contribution is 2.46. The Morgan fingerprint density at radius 2 is 1.69 bits per heavy atom. The van der Waals surface area contributed by atoms with E-state index >= 15 is 0 Å². The van der Waals surface area contributed by atoms with E-state index in [2.05, 4.69) is 19.1 Å². The molecule has 0 saturated carbocycles. The van der Waals surface area contributed by atoms with Gasteiger partial charge in [-0.2, -0.15) is 0 Å². The monoisotopic (exact) mass is 345 g/mol. The maximum absolute atomic E-state index is 12.8. The summed E-state index contributed by atoms with van der Waals surface area (Å²) < 4.78 is 2.05. The topological polar surface area (TPSA) is 42.2 Å². The van der Waals surface area contributed by atoms with E-state index in [9.17, 15) is 9.90 Å². The van der Waals surface area contributed by atoms with Crippen molar-refractivity contribution in [2.75, 3.05) is 0 Å². The Morgan fingerprint density at radius 3 is 2.35 bits per heavy atom. The fourth-order valence-corrected chi connectivity index (χ4v) is 3.79. The molecule has 3 aromatic rings. The number of fused-ring (bicyclic) bond motifs is 1. The quantitative estimate of drug-likeness (QED) is 0.702. The Balaban J connectivity index is 2.04. The van der Waals surface area contributed by atoms with Crippen LogP contribution in [0.15, 0.2) is 60.7 Å². The lowest BCUT2D eigenvalue weighted by Gasteiger charge is -2.35. The van der Waals surface area contributed by atoms with E-state index in [4.69, 9.17) is 0 Å². The molecule has 0 radical (unpaired) electrons. The summed E-state index contributed by atoms with van der Waals surface area (Å²) in [5.74, 6) is 0.0957. The lowest BCUT2D eigenvalue weighted by molar-refractivity contribution is 0.0281. The average molecular weight is 345 g/mol. The first-order chi connectivity index (χ1) is 12.4. The summed E-state index contributed by atoms with van der Waals surface area (Å²) in [6, 6.07) is 20.2. The lowest BCUT2D eigenvalue weighted by atomic mass is 9.74. The van der Waals surface area contributed by atoms with E-state index in [1.165, 1.54) is 5.56 Å². The molecule has 0 spiro atoms. The molecule has 132 valence electrons. The van der Waals surface area contributed by atoms with Crippen molar-refractivity contribution in [2.24, 2.45) is 5.41 Å². The second kappa shape index (κ2) is 5.96. The molecule has 1 aromatic heterocycles. The number of aryl methyl sites for hydroxylation is 1. The summed E-state index contributed by atoms with van der Waals surface area (Å²) in [5.41, 5.74) is 4.95. The number of carbonyl (C=O) groups is 1. The molecule has 0 fully saturated rings. The van der Waals surface area contributed by atoms with Gasteiger partial charge in [-0.3, -0.25) is 4.79 Å². The zero-order valence-corrected chi connectivity index (χ0v) is 15.4. The van der Waals surface area contributed by atoms with Gasteiger partial charge >= 0.3 is 0 Å². The number of hydrogen-bond acceptors (Lipinski definition) is 2. The molecule has 1 heterocycles. The first-order valence-corrected chi connectivity index (χ1v) is 8.98. The zero-order valence-electron chi connectivity index (χ0n) is 15.4. The number of ketones is 1. The van der Waals surface area contributed by atoms with Crippen molar-refractivity contribution in [1.29, 1.82) is 0 Å². The van der Waals surface area contributed by atoms with Crippen LogP contribution in [0.2, 0.25) is 0 Å². The molecule has 0 aliphatic heterocycles. The minimum Gasteiger partial charge on any atom is -0.386 e. The number of hydrogen-bond donors (Lipinski definition) is 1. The highest BCUT2D eigenvalue weighted by Gasteiger charge is 2.42. The summed E-state index contributed by atoms with van der Waals surface area (Å²) in [6.45, 7) is 5.95. The predicted octanol–water partition coefficient (Wildman–Crippen LogP) is 5.10. The molecule has 0 saturated heterocycles. The molecule has 1 aliphatic rings. The SMILES string of the molecule is Cc1ccc(-n2c(-c3ccccc3)cc3c2[C@H](O)C(C)(C)CC3=O)cc1. The molecule has 1 atom stereocenters. The third-order valence-electron chi connectivity index (χ3n) is 5.32. The van der Waals surface area contributed by atoms with E-state index in [-0.39, 0.29) is 5.78 Å². The molecule has 3 heteroatoms. The average Bonchev–Trinajstić information content (AvgIpc) is 3.02. The van der Waals surface area contributed by atoms with Crippen molar-refractivity contribution < 1.29 is 9.90 Å². The van der Waals surface area contributed by atoms with Crippen LogP contribution < -0.4 is 0 Å². The lowest BCUT2D eigenvalue weighted by Crippen LogP contribution is -2.32. The number of benzene rings is 2. The first kappa shape index (κ1) is 16.8. The van der Waals surface area contributed by atoms with Gasteiger partial charge in [-0.05, 0) is 30.7 Å². The van der Waals surface area contributed by atoms with Gasteiger partial charge in [-0.25, -0.2) is 0 Å². The molecule has 0 bridgehead atoms. The number of aliphatic hydroxyl groups excluding tert-OH is 1. The highest BCUT2D eigenvalue weighted by molar-refractivity contribution is 6.00. The number of carbonyl (C=O) groups excluding carboxylic acids is 1. The van der Waals surface area contributed by atoms with Crippen molar-refractivity contribution in [2.45, 2.75) is 33.3 Å². The van der Waals surface area contributed by atoms with Crippen molar-refractivity contribution in [1.82, 2.24) is 4.57 Å². The molecule has 3 nitrogen and oxygen atoms in total. The van der Waals surface area contributed by atoms with E-state index in [0.29, 0.717) is 17.7 Å². The van der Waals surface area contributed by atoms with Crippen LogP contribution in [0.4, 0.5) is 0 Å². The van der Waals surface area contributed by atoms with E-state index in [1.807, 2.05) is 66.9 Å². The number of Topliss-reactive ketones (excluding diaryl/α,β-unsaturated/α-hetero) is 1. The van der Waals surface area contributed by atoms with Crippen molar-refractivity contribution >= 4 is 5.78 Å². The minimum absolute atomic E-state index is 0.0957. The first-order valence-electron chi connectivity index (χ1n) is 8.98. The van der Waals surface area contributed by atoms with Gasteiger partial charge in [0, 0.05) is 23.1 Å². The molecule has 1 N–H and O–H groups in total. The van der Waals surface area contributed by atoms with Gasteiger partial charge in [0.2, 0.25) is 0 Å². The van der Waals surface area contributed by atoms with Crippen LogP contribution in [0.3, 0.4) is 0 Å². The summed E-state index contributed by atoms with van der Waals surface area (Å²) in [4.78, 5) is 12.8. The molecular formula is C23H23NO2. The van der Waals surface area contributed by atoms with Crippen LogP contribution in [-0.2, 0) is 0 Å². The highest BCUT2D eigenvalue weighted by atomic mass is 16.3. The van der Waals surface area contributed by atoms with Crippen molar-refractivity contribution in [3.63, 3.8) is 0 Å². The third-order valence-corrected chi connectivity index (χ3v) is 5.32. The van der Waals surface area contributed by atoms with E-state index < -0.39 is 11.5 Å².